The fraction of sp³-hybridized carbons (Fsp3) is 0.571. The molecule has 0 heterocycles. The van der Waals surface area contributed by atoms with Gasteiger partial charge in [0.25, 0.3) is 0 Å². The molecule has 0 spiro atoms. The van der Waals surface area contributed by atoms with Gasteiger partial charge < -0.3 is 9.84 Å². The first kappa shape index (κ1) is 14.0. The largest absolute Gasteiger partial charge is 0.496 e. The molecule has 17 heavy (non-hydrogen) atoms. The molecule has 0 atom stereocenters. The van der Waals surface area contributed by atoms with Crippen molar-refractivity contribution >= 4 is 0 Å². The molecule has 0 bridgehead atoms. The van der Waals surface area contributed by atoms with Crippen molar-refractivity contribution in [3.05, 3.63) is 28.8 Å². The molecule has 0 fully saturated rings. The summed E-state index contributed by atoms with van der Waals surface area (Å²) in [5, 5.41) is 11.6. The van der Waals surface area contributed by atoms with E-state index < -0.39 is 0 Å². The van der Waals surface area contributed by atoms with E-state index in [1.165, 1.54) is 16.7 Å². The Morgan fingerprint density at radius 3 is 2.59 bits per heavy atom. The third kappa shape index (κ3) is 3.72. The van der Waals surface area contributed by atoms with Crippen molar-refractivity contribution in [2.45, 2.75) is 33.1 Å². The third-order valence-corrected chi connectivity index (χ3v) is 2.99. The zero-order valence-electron chi connectivity index (χ0n) is 11.2. The summed E-state index contributed by atoms with van der Waals surface area (Å²) in [6.45, 7) is 7.26. The van der Waals surface area contributed by atoms with E-state index in [0.717, 1.165) is 18.7 Å². The van der Waals surface area contributed by atoms with Crippen LogP contribution < -0.4 is 10.1 Å². The van der Waals surface area contributed by atoms with Gasteiger partial charge in [-0.25, -0.2) is 0 Å². The van der Waals surface area contributed by atoms with Crippen LogP contribution in [-0.4, -0.2) is 25.5 Å². The Morgan fingerprint density at radius 2 is 2.06 bits per heavy atom. The van der Waals surface area contributed by atoms with Crippen molar-refractivity contribution in [2.75, 3.05) is 20.4 Å². The number of aliphatic hydroxyl groups is 1. The lowest BCUT2D eigenvalue weighted by Crippen LogP contribution is -2.18. The van der Waals surface area contributed by atoms with Gasteiger partial charge in [-0.3, -0.25) is 5.32 Å². The topological polar surface area (TPSA) is 41.5 Å². The first-order valence-electron chi connectivity index (χ1n) is 6.09. The summed E-state index contributed by atoms with van der Waals surface area (Å²) < 4.78 is 5.41. The number of hydrogen-bond donors (Lipinski definition) is 2. The zero-order valence-corrected chi connectivity index (χ0v) is 11.2. The molecule has 0 unspecified atom stereocenters. The van der Waals surface area contributed by atoms with Crippen LogP contribution in [-0.2, 0) is 6.42 Å². The Morgan fingerprint density at radius 1 is 1.35 bits per heavy atom. The highest BCUT2D eigenvalue weighted by molar-refractivity contribution is 5.44. The number of aryl methyl sites for hydroxylation is 1. The van der Waals surface area contributed by atoms with Crippen LogP contribution in [0.2, 0.25) is 0 Å². The summed E-state index contributed by atoms with van der Waals surface area (Å²) in [4.78, 5) is 0. The highest BCUT2D eigenvalue weighted by Gasteiger charge is 2.10. The number of rotatable bonds is 6. The molecule has 96 valence electrons. The van der Waals surface area contributed by atoms with E-state index in [9.17, 15) is 0 Å². The smallest absolute Gasteiger partial charge is 0.122 e. The molecule has 1 aromatic rings. The first-order valence-corrected chi connectivity index (χ1v) is 6.09. The van der Waals surface area contributed by atoms with Gasteiger partial charge in [0.05, 0.1) is 13.8 Å². The van der Waals surface area contributed by atoms with E-state index in [1.54, 1.807) is 7.11 Å². The summed E-state index contributed by atoms with van der Waals surface area (Å²) in [5.41, 5.74) is 3.80. The van der Waals surface area contributed by atoms with Gasteiger partial charge in [-0.15, -0.1) is 0 Å². The van der Waals surface area contributed by atoms with E-state index in [1.807, 2.05) is 0 Å². The fourth-order valence-corrected chi connectivity index (χ4v) is 1.94. The molecular weight excluding hydrogens is 214 g/mol. The van der Waals surface area contributed by atoms with Crippen LogP contribution in [0.15, 0.2) is 12.1 Å². The quantitative estimate of drug-likeness (QED) is 0.589. The van der Waals surface area contributed by atoms with E-state index >= 15 is 0 Å². The van der Waals surface area contributed by atoms with Crippen molar-refractivity contribution in [1.82, 2.24) is 5.32 Å². The van der Waals surface area contributed by atoms with Crippen LogP contribution in [0.25, 0.3) is 0 Å². The molecule has 3 heteroatoms. The predicted molar refractivity (Wildman–Crippen MR) is 70.6 cm³/mol. The van der Waals surface area contributed by atoms with Crippen LogP contribution >= 0.6 is 0 Å². The molecule has 0 saturated heterocycles. The summed E-state index contributed by atoms with van der Waals surface area (Å²) in [6, 6.07) is 4.32. The molecule has 3 nitrogen and oxygen atoms in total. The van der Waals surface area contributed by atoms with Gasteiger partial charge in [-0.05, 0) is 42.0 Å². The highest BCUT2D eigenvalue weighted by atomic mass is 16.5. The highest BCUT2D eigenvalue weighted by Crippen LogP contribution is 2.29. The number of hydrogen-bond acceptors (Lipinski definition) is 3. The van der Waals surface area contributed by atoms with Gasteiger partial charge in [0.2, 0.25) is 0 Å². The van der Waals surface area contributed by atoms with Gasteiger partial charge >= 0.3 is 0 Å². The molecule has 0 aliphatic heterocycles. The van der Waals surface area contributed by atoms with Crippen LogP contribution in [0.3, 0.4) is 0 Å². The van der Waals surface area contributed by atoms with Gasteiger partial charge in [0.15, 0.2) is 0 Å². The standard InChI is InChI=1S/C14H23NO2/c1-10(2)13-8-12(5-6-15-9-16)11(3)7-14(13)17-4/h7-8,10,15-16H,5-6,9H2,1-4H3. The van der Waals surface area contributed by atoms with Crippen molar-refractivity contribution < 1.29 is 9.84 Å². The van der Waals surface area contributed by atoms with Crippen LogP contribution in [0.1, 0.15) is 36.5 Å². The number of methoxy groups -OCH3 is 1. The summed E-state index contributed by atoms with van der Waals surface area (Å²) in [7, 11) is 1.72. The maximum atomic E-state index is 8.71. The Kier molecular flexibility index (Phi) is 5.45. The van der Waals surface area contributed by atoms with Gasteiger partial charge in [-0.2, -0.15) is 0 Å². The van der Waals surface area contributed by atoms with Gasteiger partial charge in [0, 0.05) is 6.54 Å². The van der Waals surface area contributed by atoms with Crippen molar-refractivity contribution in [1.29, 1.82) is 0 Å². The minimum atomic E-state index is 0.0340. The molecule has 1 aromatic carbocycles. The van der Waals surface area contributed by atoms with E-state index in [0.29, 0.717) is 5.92 Å². The molecular formula is C14H23NO2. The SMILES string of the molecule is COc1cc(C)c(CCNCO)cc1C(C)C. The van der Waals surface area contributed by atoms with Crippen LogP contribution in [0.4, 0.5) is 0 Å². The second kappa shape index (κ2) is 6.62. The van der Waals surface area contributed by atoms with Crippen molar-refractivity contribution in [3.63, 3.8) is 0 Å². The molecule has 0 aliphatic carbocycles. The number of aliphatic hydroxyl groups excluding tert-OH is 1. The zero-order chi connectivity index (χ0) is 12.8. The second-order valence-corrected chi connectivity index (χ2v) is 4.58. The van der Waals surface area contributed by atoms with Gasteiger partial charge in [-0.1, -0.05) is 19.9 Å². The molecule has 0 amide bonds. The molecule has 0 radical (unpaired) electrons. The van der Waals surface area contributed by atoms with E-state index in [-0.39, 0.29) is 6.73 Å². The molecule has 0 aromatic heterocycles. The van der Waals surface area contributed by atoms with E-state index in [2.05, 4.69) is 38.2 Å². The Balaban J connectivity index is 2.94. The lowest BCUT2D eigenvalue weighted by molar-refractivity contribution is 0.262. The maximum absolute atomic E-state index is 8.71. The van der Waals surface area contributed by atoms with Crippen molar-refractivity contribution in [3.8, 4) is 5.75 Å². The van der Waals surface area contributed by atoms with Crippen molar-refractivity contribution in [2.24, 2.45) is 0 Å². The molecule has 0 aliphatic rings. The lowest BCUT2D eigenvalue weighted by atomic mass is 9.95. The molecule has 1 rings (SSSR count). The Bertz CT molecular complexity index is 361. The summed E-state index contributed by atoms with van der Waals surface area (Å²) >= 11 is 0. The fourth-order valence-electron chi connectivity index (χ4n) is 1.94. The number of benzene rings is 1. The number of ether oxygens (including phenoxy) is 1. The average molecular weight is 237 g/mol. The normalized spacial score (nSPS) is 10.9. The average Bonchev–Trinajstić information content (AvgIpc) is 2.30. The summed E-state index contributed by atoms with van der Waals surface area (Å²) in [6.07, 6.45) is 0.927. The van der Waals surface area contributed by atoms with Crippen LogP contribution in [0.5, 0.6) is 5.75 Å². The minimum Gasteiger partial charge on any atom is -0.496 e. The third-order valence-electron chi connectivity index (χ3n) is 2.99. The first-order chi connectivity index (χ1) is 8.10. The maximum Gasteiger partial charge on any atom is 0.122 e. The lowest BCUT2D eigenvalue weighted by Gasteiger charge is -2.16. The van der Waals surface area contributed by atoms with E-state index in [4.69, 9.17) is 9.84 Å². The Labute approximate surface area is 104 Å². The minimum absolute atomic E-state index is 0.0340. The summed E-state index contributed by atoms with van der Waals surface area (Å²) in [5.74, 6) is 1.42. The van der Waals surface area contributed by atoms with Crippen LogP contribution in [0, 0.1) is 6.92 Å². The second-order valence-electron chi connectivity index (χ2n) is 4.58. The van der Waals surface area contributed by atoms with Gasteiger partial charge in [0.1, 0.15) is 5.75 Å². The molecule has 0 saturated carbocycles. The predicted octanol–water partition coefficient (Wildman–Crippen LogP) is 2.21. The Hall–Kier alpha value is -1.06. The monoisotopic (exact) mass is 237 g/mol. The number of nitrogens with one attached hydrogen (secondary N) is 1. The molecule has 2 N–H and O–H groups in total.